The van der Waals surface area contributed by atoms with Crippen LogP contribution in [0.25, 0.3) is 0 Å². The van der Waals surface area contributed by atoms with E-state index in [9.17, 15) is 9.59 Å². The molecule has 0 radical (unpaired) electrons. The summed E-state index contributed by atoms with van der Waals surface area (Å²) in [5, 5.41) is 6.22. The predicted molar refractivity (Wildman–Crippen MR) is 134 cm³/mol. The van der Waals surface area contributed by atoms with E-state index in [2.05, 4.69) is 15.5 Å². The number of nitrogens with one attached hydrogen (secondary N) is 2. The number of amides is 1. The quantitative estimate of drug-likeness (QED) is 0.292. The number of rotatable bonds is 11. The molecule has 0 aliphatic carbocycles. The molecule has 0 bridgehead atoms. The summed E-state index contributed by atoms with van der Waals surface area (Å²) in [6.45, 7) is 2.51. The molecule has 2 fully saturated rings. The third kappa shape index (κ3) is 5.72. The van der Waals surface area contributed by atoms with Crippen molar-refractivity contribution in [2.45, 2.75) is 43.6 Å². The number of hydrogen-bond donors (Lipinski definition) is 2. The van der Waals surface area contributed by atoms with Crippen LogP contribution in [0.4, 0.5) is 10.1 Å². The first-order chi connectivity index (χ1) is 17.0. The summed E-state index contributed by atoms with van der Waals surface area (Å²) in [4.78, 5) is 29.9. The van der Waals surface area contributed by atoms with E-state index in [1.54, 1.807) is 24.1 Å². The molecular weight excluding hydrogens is 447 g/mol. The van der Waals surface area contributed by atoms with E-state index < -0.39 is 17.9 Å². The number of benzene rings is 2. The lowest BCUT2D eigenvalue weighted by molar-refractivity contribution is -0.125. The Kier molecular flexibility index (Phi) is 8.49. The number of nitrogens with zero attached hydrogens (tertiary/aromatic N) is 2. The molecule has 188 valence electrons. The van der Waals surface area contributed by atoms with E-state index in [0.717, 1.165) is 12.1 Å². The number of para-hydroxylation sites is 1. The molecule has 7 nitrogen and oxygen atoms in total. The lowest BCUT2D eigenvalue weighted by Gasteiger charge is -2.44. The molecular formula is C27H35FN4O3. The molecule has 2 saturated heterocycles. The maximum Gasteiger partial charge on any atom is 0.247 e. The lowest BCUT2D eigenvalue weighted by atomic mass is 9.85. The molecule has 35 heavy (non-hydrogen) atoms. The van der Waals surface area contributed by atoms with Gasteiger partial charge in [-0.2, -0.15) is 0 Å². The number of ketones is 1. The first-order valence-electron chi connectivity index (χ1n) is 12.4. The summed E-state index contributed by atoms with van der Waals surface area (Å²) in [6.07, 6.45) is 0.583. The molecule has 2 unspecified atom stereocenters. The number of alkyl halides is 1. The molecule has 0 saturated carbocycles. The maximum absolute atomic E-state index is 15.6. The SMILES string of the molecule is COCCCNC(CC(F)N1CCC2(CC1)C(=O)NCN2c1ccccc1)C(=O)c1ccccc1. The molecule has 2 aromatic carbocycles. The average Bonchev–Trinajstić information content (AvgIpc) is 3.21. The highest BCUT2D eigenvalue weighted by Gasteiger charge is 2.51. The first-order valence-corrected chi connectivity index (χ1v) is 12.4. The number of carbonyl (C=O) groups is 2. The van der Waals surface area contributed by atoms with E-state index in [1.165, 1.54) is 0 Å². The van der Waals surface area contributed by atoms with Gasteiger partial charge in [-0.25, -0.2) is 4.39 Å². The number of hydrogen-bond acceptors (Lipinski definition) is 6. The summed E-state index contributed by atoms with van der Waals surface area (Å²) in [5.74, 6) is -0.0991. The van der Waals surface area contributed by atoms with E-state index in [4.69, 9.17) is 4.74 Å². The number of anilines is 1. The number of piperidine rings is 1. The van der Waals surface area contributed by atoms with Gasteiger partial charge in [0.1, 0.15) is 5.54 Å². The van der Waals surface area contributed by atoms with E-state index in [-0.39, 0.29) is 18.1 Å². The number of likely N-dealkylation sites (tertiary alicyclic amines) is 1. The number of carbonyl (C=O) groups excluding carboxylic acids is 2. The number of halogens is 1. The van der Waals surface area contributed by atoms with Crippen LogP contribution in [-0.2, 0) is 9.53 Å². The van der Waals surface area contributed by atoms with Crippen molar-refractivity contribution < 1.29 is 18.7 Å². The van der Waals surface area contributed by atoms with E-state index in [0.29, 0.717) is 51.3 Å². The smallest absolute Gasteiger partial charge is 0.247 e. The minimum absolute atomic E-state index is 0.00773. The second-order valence-electron chi connectivity index (χ2n) is 9.25. The molecule has 2 aromatic rings. The zero-order chi connectivity index (χ0) is 24.7. The number of methoxy groups -OCH3 is 1. The molecule has 2 heterocycles. The molecule has 8 heteroatoms. The molecule has 4 rings (SSSR count). The van der Waals surface area contributed by atoms with Crippen molar-refractivity contribution >= 4 is 17.4 Å². The predicted octanol–water partition coefficient (Wildman–Crippen LogP) is 2.98. The van der Waals surface area contributed by atoms with Gasteiger partial charge >= 0.3 is 0 Å². The van der Waals surface area contributed by atoms with Crippen molar-refractivity contribution in [1.29, 1.82) is 0 Å². The van der Waals surface area contributed by atoms with Crippen molar-refractivity contribution in [1.82, 2.24) is 15.5 Å². The Labute approximate surface area is 206 Å². The van der Waals surface area contributed by atoms with E-state index in [1.807, 2.05) is 48.5 Å². The largest absolute Gasteiger partial charge is 0.385 e. The highest BCUT2D eigenvalue weighted by molar-refractivity contribution is 6.00. The van der Waals surface area contributed by atoms with Gasteiger partial charge in [0.05, 0.1) is 12.7 Å². The van der Waals surface area contributed by atoms with Gasteiger partial charge in [-0.15, -0.1) is 0 Å². The van der Waals surface area contributed by atoms with Crippen LogP contribution in [0, 0.1) is 0 Å². The highest BCUT2D eigenvalue weighted by Crippen LogP contribution is 2.37. The van der Waals surface area contributed by atoms with Crippen LogP contribution in [0.2, 0.25) is 0 Å². The highest BCUT2D eigenvalue weighted by atomic mass is 19.1. The molecule has 2 aliphatic rings. The summed E-state index contributed by atoms with van der Waals surface area (Å²) < 4.78 is 20.7. The van der Waals surface area contributed by atoms with Crippen LogP contribution in [0.1, 0.15) is 36.0 Å². The Morgan fingerprint density at radius 2 is 1.77 bits per heavy atom. The van der Waals surface area contributed by atoms with Crippen LogP contribution in [0.15, 0.2) is 60.7 Å². The number of ether oxygens (including phenoxy) is 1. The Balaban J connectivity index is 1.40. The van der Waals surface area contributed by atoms with Gasteiger partial charge in [0.2, 0.25) is 5.91 Å². The topological polar surface area (TPSA) is 73.9 Å². The minimum atomic E-state index is -1.28. The van der Waals surface area contributed by atoms with Gasteiger partial charge < -0.3 is 20.3 Å². The van der Waals surface area contributed by atoms with E-state index >= 15 is 4.39 Å². The average molecular weight is 483 g/mol. The molecule has 2 N–H and O–H groups in total. The summed E-state index contributed by atoms with van der Waals surface area (Å²) in [5.41, 5.74) is 0.905. The van der Waals surface area contributed by atoms with Gasteiger partial charge in [-0.3, -0.25) is 14.5 Å². The van der Waals surface area contributed by atoms with Crippen molar-refractivity contribution in [2.75, 3.05) is 44.9 Å². The maximum atomic E-state index is 15.6. The minimum Gasteiger partial charge on any atom is -0.385 e. The first kappa shape index (κ1) is 25.3. The third-order valence-electron chi connectivity index (χ3n) is 7.15. The summed E-state index contributed by atoms with van der Waals surface area (Å²) >= 11 is 0. The number of Topliss-reactive ketones (excluding diaryl/α,β-unsaturated/α-hetero) is 1. The van der Waals surface area contributed by atoms with Crippen molar-refractivity contribution in [3.63, 3.8) is 0 Å². The van der Waals surface area contributed by atoms with Crippen molar-refractivity contribution in [2.24, 2.45) is 0 Å². The van der Waals surface area contributed by atoms with Crippen molar-refractivity contribution in [3.8, 4) is 0 Å². The zero-order valence-corrected chi connectivity index (χ0v) is 20.3. The Morgan fingerprint density at radius 1 is 1.11 bits per heavy atom. The second-order valence-corrected chi connectivity index (χ2v) is 9.25. The standard InChI is InChI=1S/C27H35FN4O3/c1-35-18-8-15-29-23(25(33)21-9-4-2-5-10-21)19-24(28)31-16-13-27(14-17-31)26(34)30-20-32(27)22-11-6-3-7-12-22/h2-7,9-12,23-24,29H,8,13-20H2,1H3,(H,30,34). The Hall–Kier alpha value is -2.81. The normalized spacial score (nSPS) is 19.5. The summed E-state index contributed by atoms with van der Waals surface area (Å²) in [6, 6.07) is 18.3. The third-order valence-corrected chi connectivity index (χ3v) is 7.15. The molecule has 2 aliphatic heterocycles. The fourth-order valence-electron chi connectivity index (χ4n) is 5.13. The fourth-order valence-corrected chi connectivity index (χ4v) is 5.13. The molecule has 1 amide bonds. The van der Waals surface area contributed by atoms with Crippen LogP contribution in [0.5, 0.6) is 0 Å². The van der Waals surface area contributed by atoms with Crippen LogP contribution in [0.3, 0.4) is 0 Å². The molecule has 2 atom stereocenters. The zero-order valence-electron chi connectivity index (χ0n) is 20.3. The van der Waals surface area contributed by atoms with Gasteiger partial charge in [-0.1, -0.05) is 48.5 Å². The van der Waals surface area contributed by atoms with Gasteiger partial charge in [0, 0.05) is 44.5 Å². The Bertz CT molecular complexity index is 967. The van der Waals surface area contributed by atoms with Gasteiger partial charge in [-0.05, 0) is 37.9 Å². The van der Waals surface area contributed by atoms with Crippen LogP contribution >= 0.6 is 0 Å². The lowest BCUT2D eigenvalue weighted by Crippen LogP contribution is -2.58. The van der Waals surface area contributed by atoms with Crippen LogP contribution < -0.4 is 15.5 Å². The second kappa shape index (κ2) is 11.7. The molecule has 1 spiro atoms. The molecule has 0 aromatic heterocycles. The Morgan fingerprint density at radius 3 is 2.43 bits per heavy atom. The van der Waals surface area contributed by atoms with Crippen LogP contribution in [-0.4, -0.2) is 74.5 Å². The van der Waals surface area contributed by atoms with Gasteiger partial charge in [0.25, 0.3) is 0 Å². The summed E-state index contributed by atoms with van der Waals surface area (Å²) in [7, 11) is 1.64. The van der Waals surface area contributed by atoms with Crippen molar-refractivity contribution in [3.05, 3.63) is 66.2 Å². The van der Waals surface area contributed by atoms with Gasteiger partial charge in [0.15, 0.2) is 12.1 Å². The monoisotopic (exact) mass is 482 g/mol. The fraction of sp³-hybridized carbons (Fsp3) is 0.481.